The highest BCUT2D eigenvalue weighted by Crippen LogP contribution is 2.41. The molecule has 1 saturated carbocycles. The first-order chi connectivity index (χ1) is 8.49. The standard InChI is InChI=1S/C15H20BrClO/c1-9-3-4-11(7-10(9)2)15(18)13-6-5-12(16)8-14(13)17/h5-6,8-11,15,18H,3-4,7H2,1-2H3. The molecule has 1 nitrogen and oxygen atoms in total. The molecule has 1 N–H and O–H groups in total. The summed E-state index contributed by atoms with van der Waals surface area (Å²) in [6.45, 7) is 4.59. The van der Waals surface area contributed by atoms with Crippen molar-refractivity contribution in [3.8, 4) is 0 Å². The first-order valence-corrected chi connectivity index (χ1v) is 7.79. The van der Waals surface area contributed by atoms with Crippen LogP contribution in [-0.2, 0) is 0 Å². The highest BCUT2D eigenvalue weighted by Gasteiger charge is 2.30. The summed E-state index contributed by atoms with van der Waals surface area (Å²) in [5.41, 5.74) is 0.867. The smallest absolute Gasteiger partial charge is 0.0832 e. The summed E-state index contributed by atoms with van der Waals surface area (Å²) in [6.07, 6.45) is 2.96. The minimum absolute atomic E-state index is 0.342. The van der Waals surface area contributed by atoms with Crippen molar-refractivity contribution in [1.82, 2.24) is 0 Å². The lowest BCUT2D eigenvalue weighted by Gasteiger charge is -2.35. The first-order valence-electron chi connectivity index (χ1n) is 6.62. The van der Waals surface area contributed by atoms with E-state index >= 15 is 0 Å². The van der Waals surface area contributed by atoms with Crippen LogP contribution >= 0.6 is 27.5 Å². The second-order valence-electron chi connectivity index (χ2n) is 5.64. The number of aliphatic hydroxyl groups is 1. The van der Waals surface area contributed by atoms with E-state index in [1.807, 2.05) is 18.2 Å². The summed E-state index contributed by atoms with van der Waals surface area (Å²) in [5, 5.41) is 11.2. The molecule has 1 aliphatic rings. The third-order valence-corrected chi connectivity index (χ3v) is 5.19. The number of benzene rings is 1. The van der Waals surface area contributed by atoms with Crippen LogP contribution in [0.25, 0.3) is 0 Å². The Hall–Kier alpha value is -0.0500. The van der Waals surface area contributed by atoms with Gasteiger partial charge in [0.2, 0.25) is 0 Å². The number of rotatable bonds is 2. The Labute approximate surface area is 123 Å². The minimum atomic E-state index is -0.430. The molecule has 1 aromatic rings. The van der Waals surface area contributed by atoms with Crippen molar-refractivity contribution in [3.63, 3.8) is 0 Å². The Morgan fingerprint density at radius 2 is 2.00 bits per heavy atom. The molecule has 3 heteroatoms. The number of hydrogen-bond acceptors (Lipinski definition) is 1. The van der Waals surface area contributed by atoms with Crippen LogP contribution < -0.4 is 0 Å². The average Bonchev–Trinajstić information content (AvgIpc) is 2.32. The summed E-state index contributed by atoms with van der Waals surface area (Å²) in [4.78, 5) is 0. The van der Waals surface area contributed by atoms with E-state index in [0.717, 1.165) is 28.8 Å². The molecule has 0 amide bonds. The van der Waals surface area contributed by atoms with Crippen LogP contribution in [0.4, 0.5) is 0 Å². The van der Waals surface area contributed by atoms with Crippen molar-refractivity contribution in [1.29, 1.82) is 0 Å². The molecule has 0 heterocycles. The van der Waals surface area contributed by atoms with Gasteiger partial charge in [0.25, 0.3) is 0 Å². The molecule has 4 unspecified atom stereocenters. The van der Waals surface area contributed by atoms with Gasteiger partial charge < -0.3 is 5.11 Å². The molecule has 0 bridgehead atoms. The first kappa shape index (κ1) is 14.4. The maximum absolute atomic E-state index is 10.5. The van der Waals surface area contributed by atoms with Crippen LogP contribution in [0, 0.1) is 17.8 Å². The zero-order valence-corrected chi connectivity index (χ0v) is 13.2. The lowest BCUT2D eigenvalue weighted by atomic mass is 9.73. The highest BCUT2D eigenvalue weighted by atomic mass is 79.9. The predicted molar refractivity (Wildman–Crippen MR) is 79.8 cm³/mol. The molecule has 100 valence electrons. The second-order valence-corrected chi connectivity index (χ2v) is 6.96. The van der Waals surface area contributed by atoms with Crippen LogP contribution in [0.15, 0.2) is 22.7 Å². The van der Waals surface area contributed by atoms with E-state index in [2.05, 4.69) is 29.8 Å². The fraction of sp³-hybridized carbons (Fsp3) is 0.600. The summed E-state index contributed by atoms with van der Waals surface area (Å²) in [7, 11) is 0. The van der Waals surface area contributed by atoms with Crippen molar-refractivity contribution in [3.05, 3.63) is 33.3 Å². The largest absolute Gasteiger partial charge is 0.388 e. The topological polar surface area (TPSA) is 20.2 Å². The van der Waals surface area contributed by atoms with Crippen molar-refractivity contribution >= 4 is 27.5 Å². The van der Waals surface area contributed by atoms with Crippen molar-refractivity contribution < 1.29 is 5.11 Å². The van der Waals surface area contributed by atoms with Gasteiger partial charge in [-0.25, -0.2) is 0 Å². The number of halogens is 2. The quantitative estimate of drug-likeness (QED) is 0.789. The van der Waals surface area contributed by atoms with Crippen molar-refractivity contribution in [2.24, 2.45) is 17.8 Å². The molecule has 1 fully saturated rings. The summed E-state index contributed by atoms with van der Waals surface area (Å²) >= 11 is 9.61. The molecule has 0 aliphatic heterocycles. The molecule has 1 aromatic carbocycles. The fourth-order valence-electron chi connectivity index (χ4n) is 2.87. The Balaban J connectivity index is 2.13. The molecule has 0 spiro atoms. The van der Waals surface area contributed by atoms with Gasteiger partial charge in [-0.3, -0.25) is 0 Å². The summed E-state index contributed by atoms with van der Waals surface area (Å²) < 4.78 is 0.953. The van der Waals surface area contributed by atoms with E-state index in [9.17, 15) is 5.11 Å². The molecule has 2 rings (SSSR count). The molecule has 0 radical (unpaired) electrons. The van der Waals surface area contributed by atoms with Crippen LogP contribution in [0.1, 0.15) is 44.8 Å². The van der Waals surface area contributed by atoms with E-state index in [4.69, 9.17) is 11.6 Å². The van der Waals surface area contributed by atoms with Gasteiger partial charge in [-0.05, 0) is 48.3 Å². The zero-order chi connectivity index (χ0) is 13.3. The van der Waals surface area contributed by atoms with Crippen LogP contribution in [0.2, 0.25) is 5.02 Å². The summed E-state index contributed by atoms with van der Waals surface area (Å²) in [5.74, 6) is 1.80. The lowest BCUT2D eigenvalue weighted by Crippen LogP contribution is -2.25. The normalized spacial score (nSPS) is 30.2. The van der Waals surface area contributed by atoms with E-state index in [0.29, 0.717) is 16.9 Å². The maximum atomic E-state index is 10.5. The number of hydrogen-bond donors (Lipinski definition) is 1. The maximum Gasteiger partial charge on any atom is 0.0832 e. The van der Waals surface area contributed by atoms with Gasteiger partial charge in [0.1, 0.15) is 0 Å². The minimum Gasteiger partial charge on any atom is -0.388 e. The Morgan fingerprint density at radius 1 is 1.28 bits per heavy atom. The fourth-order valence-corrected chi connectivity index (χ4v) is 3.66. The van der Waals surface area contributed by atoms with Gasteiger partial charge in [-0.15, -0.1) is 0 Å². The predicted octanol–water partition coefficient (Wildman–Crippen LogP) is 5.21. The molecule has 18 heavy (non-hydrogen) atoms. The van der Waals surface area contributed by atoms with Crippen LogP contribution in [0.5, 0.6) is 0 Å². The van der Waals surface area contributed by atoms with E-state index in [-0.39, 0.29) is 0 Å². The van der Waals surface area contributed by atoms with E-state index < -0.39 is 6.10 Å². The molecule has 1 aliphatic carbocycles. The molecule has 0 aromatic heterocycles. The van der Waals surface area contributed by atoms with Crippen molar-refractivity contribution in [2.75, 3.05) is 0 Å². The van der Waals surface area contributed by atoms with E-state index in [1.54, 1.807) is 0 Å². The lowest BCUT2D eigenvalue weighted by molar-refractivity contribution is 0.0561. The SMILES string of the molecule is CC1CCC(C(O)c2ccc(Br)cc2Cl)CC1C. The monoisotopic (exact) mass is 330 g/mol. The average molecular weight is 332 g/mol. The molecular formula is C15H20BrClO. The van der Waals surface area contributed by atoms with Gasteiger partial charge in [0, 0.05) is 9.50 Å². The van der Waals surface area contributed by atoms with Gasteiger partial charge in [0.05, 0.1) is 6.10 Å². The van der Waals surface area contributed by atoms with Crippen LogP contribution in [-0.4, -0.2) is 5.11 Å². The van der Waals surface area contributed by atoms with E-state index in [1.165, 1.54) is 6.42 Å². The van der Waals surface area contributed by atoms with Gasteiger partial charge in [-0.1, -0.05) is 53.9 Å². The number of aliphatic hydroxyl groups excluding tert-OH is 1. The third-order valence-electron chi connectivity index (χ3n) is 4.37. The van der Waals surface area contributed by atoms with Gasteiger partial charge in [0.15, 0.2) is 0 Å². The Bertz CT molecular complexity index is 421. The Morgan fingerprint density at radius 3 is 2.61 bits per heavy atom. The van der Waals surface area contributed by atoms with Gasteiger partial charge >= 0.3 is 0 Å². The van der Waals surface area contributed by atoms with Crippen molar-refractivity contribution in [2.45, 2.75) is 39.2 Å². The molecule has 4 atom stereocenters. The zero-order valence-electron chi connectivity index (χ0n) is 10.9. The summed E-state index contributed by atoms with van der Waals surface area (Å²) in [6, 6.07) is 5.73. The van der Waals surface area contributed by atoms with Crippen LogP contribution in [0.3, 0.4) is 0 Å². The second kappa shape index (κ2) is 5.94. The Kier molecular flexibility index (Phi) is 4.74. The highest BCUT2D eigenvalue weighted by molar-refractivity contribution is 9.10. The molecular weight excluding hydrogens is 312 g/mol. The third kappa shape index (κ3) is 3.09. The molecule has 0 saturated heterocycles. The van der Waals surface area contributed by atoms with Gasteiger partial charge in [-0.2, -0.15) is 0 Å².